The molecule has 0 unspecified atom stereocenters. The summed E-state index contributed by atoms with van der Waals surface area (Å²) in [6.45, 7) is 1.86. The topological polar surface area (TPSA) is 37.4 Å². The Hall–Kier alpha value is -2.82. The summed E-state index contributed by atoms with van der Waals surface area (Å²) in [6.07, 6.45) is 0. The fourth-order valence-corrected chi connectivity index (χ4v) is 4.29. The Morgan fingerprint density at radius 3 is 2.14 bits per heavy atom. The number of imide groups is 1. The van der Waals surface area contributed by atoms with Crippen LogP contribution in [-0.2, 0) is 9.59 Å². The first-order valence-corrected chi connectivity index (χ1v) is 9.93. The van der Waals surface area contributed by atoms with E-state index >= 15 is 0 Å². The lowest BCUT2D eigenvalue weighted by Crippen LogP contribution is -2.31. The van der Waals surface area contributed by atoms with Crippen molar-refractivity contribution in [3.8, 4) is 0 Å². The molecule has 0 radical (unpaired) electrons. The van der Waals surface area contributed by atoms with E-state index in [4.69, 9.17) is 11.6 Å². The van der Waals surface area contributed by atoms with E-state index in [0.29, 0.717) is 21.2 Å². The molecule has 2 amide bonds. The number of anilines is 1. The number of carbonyl (C=O) groups excluding carboxylic acids is 2. The van der Waals surface area contributed by atoms with Crippen molar-refractivity contribution in [1.29, 1.82) is 0 Å². The predicted molar refractivity (Wildman–Crippen MR) is 114 cm³/mol. The van der Waals surface area contributed by atoms with Crippen molar-refractivity contribution in [1.82, 2.24) is 0 Å². The van der Waals surface area contributed by atoms with E-state index < -0.39 is 0 Å². The van der Waals surface area contributed by atoms with Gasteiger partial charge in [0.25, 0.3) is 11.8 Å². The summed E-state index contributed by atoms with van der Waals surface area (Å²) >= 11 is 7.45. The van der Waals surface area contributed by atoms with Gasteiger partial charge in [0, 0.05) is 9.92 Å². The van der Waals surface area contributed by atoms with Gasteiger partial charge in [0.2, 0.25) is 0 Å². The SMILES string of the molecule is Cc1ccc(Cl)cc1N1C(=O)C(Sc2ccccc2)=C(c2ccccc2)C1=O. The molecule has 1 aliphatic heterocycles. The van der Waals surface area contributed by atoms with E-state index in [9.17, 15) is 9.59 Å². The molecule has 1 aliphatic rings. The first-order valence-electron chi connectivity index (χ1n) is 8.74. The lowest BCUT2D eigenvalue weighted by atomic mass is 10.1. The summed E-state index contributed by atoms with van der Waals surface area (Å²) in [5.41, 5.74) is 2.46. The zero-order valence-electron chi connectivity index (χ0n) is 15.1. The van der Waals surface area contributed by atoms with Crippen molar-refractivity contribution in [2.24, 2.45) is 0 Å². The highest BCUT2D eigenvalue weighted by Gasteiger charge is 2.41. The van der Waals surface area contributed by atoms with E-state index in [1.165, 1.54) is 16.7 Å². The summed E-state index contributed by atoms with van der Waals surface area (Å²) < 4.78 is 0. The van der Waals surface area contributed by atoms with Crippen molar-refractivity contribution in [2.75, 3.05) is 4.90 Å². The van der Waals surface area contributed by atoms with Crippen molar-refractivity contribution in [3.63, 3.8) is 0 Å². The number of hydrogen-bond acceptors (Lipinski definition) is 3. The molecule has 28 heavy (non-hydrogen) atoms. The molecule has 0 saturated heterocycles. The van der Waals surface area contributed by atoms with E-state index in [-0.39, 0.29) is 11.8 Å². The summed E-state index contributed by atoms with van der Waals surface area (Å²) in [6, 6.07) is 24.1. The van der Waals surface area contributed by atoms with Crippen LogP contribution >= 0.6 is 23.4 Å². The predicted octanol–water partition coefficient (Wildman–Crippen LogP) is 5.73. The van der Waals surface area contributed by atoms with Crippen molar-refractivity contribution < 1.29 is 9.59 Å². The molecule has 0 N–H and O–H groups in total. The molecule has 0 bridgehead atoms. The van der Waals surface area contributed by atoms with Crippen LogP contribution in [0.3, 0.4) is 0 Å². The minimum Gasteiger partial charge on any atom is -0.268 e. The Bertz CT molecular complexity index is 1090. The minimum absolute atomic E-state index is 0.330. The zero-order valence-corrected chi connectivity index (χ0v) is 16.6. The van der Waals surface area contributed by atoms with Crippen LogP contribution < -0.4 is 4.90 Å². The van der Waals surface area contributed by atoms with Crippen LogP contribution in [0.25, 0.3) is 5.57 Å². The molecule has 4 rings (SSSR count). The highest BCUT2D eigenvalue weighted by molar-refractivity contribution is 8.04. The van der Waals surface area contributed by atoms with Crippen LogP contribution in [0.5, 0.6) is 0 Å². The molecule has 0 aromatic heterocycles. The molecular weight excluding hydrogens is 390 g/mol. The van der Waals surface area contributed by atoms with Gasteiger partial charge in [0.05, 0.1) is 16.2 Å². The van der Waals surface area contributed by atoms with Crippen LogP contribution in [0.4, 0.5) is 5.69 Å². The summed E-state index contributed by atoms with van der Waals surface area (Å²) in [7, 11) is 0. The average molecular weight is 406 g/mol. The van der Waals surface area contributed by atoms with Gasteiger partial charge in [0.1, 0.15) is 0 Å². The number of hydrogen-bond donors (Lipinski definition) is 0. The second-order valence-electron chi connectivity index (χ2n) is 6.36. The standard InChI is InChI=1S/C23H16ClNO2S/c1-15-12-13-17(24)14-19(15)25-22(26)20(16-8-4-2-5-9-16)21(23(25)27)28-18-10-6-3-7-11-18/h2-14H,1H3. The fraction of sp³-hybridized carbons (Fsp3) is 0.0435. The lowest BCUT2D eigenvalue weighted by molar-refractivity contribution is -0.119. The smallest absolute Gasteiger partial charge is 0.268 e. The maximum Gasteiger partial charge on any atom is 0.272 e. The van der Waals surface area contributed by atoms with Gasteiger partial charge in [-0.15, -0.1) is 0 Å². The van der Waals surface area contributed by atoms with Crippen LogP contribution in [-0.4, -0.2) is 11.8 Å². The molecule has 3 aromatic rings. The number of thioether (sulfide) groups is 1. The second-order valence-corrected chi connectivity index (χ2v) is 7.88. The number of nitrogens with zero attached hydrogens (tertiary/aromatic N) is 1. The number of rotatable bonds is 4. The molecule has 0 spiro atoms. The molecule has 0 saturated carbocycles. The molecule has 0 fully saturated rings. The van der Waals surface area contributed by atoms with Gasteiger partial charge in [0.15, 0.2) is 0 Å². The number of halogens is 1. The molecule has 0 aliphatic carbocycles. The van der Waals surface area contributed by atoms with Crippen LogP contribution in [0.2, 0.25) is 5.02 Å². The van der Waals surface area contributed by atoms with Crippen molar-refractivity contribution in [2.45, 2.75) is 11.8 Å². The maximum absolute atomic E-state index is 13.4. The Balaban J connectivity index is 1.85. The highest BCUT2D eigenvalue weighted by atomic mass is 35.5. The van der Waals surface area contributed by atoms with Gasteiger partial charge >= 0.3 is 0 Å². The number of carbonyl (C=O) groups is 2. The lowest BCUT2D eigenvalue weighted by Gasteiger charge is -2.18. The van der Waals surface area contributed by atoms with Crippen molar-refractivity contribution in [3.05, 3.63) is 99.9 Å². The first-order chi connectivity index (χ1) is 13.6. The second kappa shape index (κ2) is 7.66. The third-order valence-corrected chi connectivity index (χ3v) is 5.80. The molecule has 3 nitrogen and oxygen atoms in total. The fourth-order valence-electron chi connectivity index (χ4n) is 3.11. The van der Waals surface area contributed by atoms with E-state index in [1.807, 2.05) is 73.7 Å². The maximum atomic E-state index is 13.4. The molecule has 0 atom stereocenters. The normalized spacial score (nSPS) is 14.1. The summed E-state index contributed by atoms with van der Waals surface area (Å²) in [5, 5.41) is 0.478. The summed E-state index contributed by atoms with van der Waals surface area (Å²) in [4.78, 5) is 29.3. The first kappa shape index (κ1) is 18.5. The molecule has 3 aromatic carbocycles. The molecular formula is C23H16ClNO2S. The zero-order chi connectivity index (χ0) is 19.7. The number of amides is 2. The molecule has 138 valence electrons. The molecule has 5 heteroatoms. The van der Waals surface area contributed by atoms with Gasteiger partial charge in [-0.3, -0.25) is 9.59 Å². The van der Waals surface area contributed by atoms with Gasteiger partial charge in [-0.05, 0) is 42.3 Å². The minimum atomic E-state index is -0.333. The van der Waals surface area contributed by atoms with Gasteiger partial charge in [-0.25, -0.2) is 4.90 Å². The summed E-state index contributed by atoms with van der Waals surface area (Å²) in [5.74, 6) is -0.664. The Labute approximate surface area is 172 Å². The van der Waals surface area contributed by atoms with Gasteiger partial charge in [-0.2, -0.15) is 0 Å². The average Bonchev–Trinajstić information content (AvgIpc) is 2.95. The van der Waals surface area contributed by atoms with E-state index in [0.717, 1.165) is 16.0 Å². The third kappa shape index (κ3) is 3.37. The highest BCUT2D eigenvalue weighted by Crippen LogP contribution is 2.42. The van der Waals surface area contributed by atoms with Crippen LogP contribution in [0.1, 0.15) is 11.1 Å². The monoisotopic (exact) mass is 405 g/mol. The Morgan fingerprint density at radius 1 is 0.821 bits per heavy atom. The van der Waals surface area contributed by atoms with E-state index in [1.54, 1.807) is 12.1 Å². The Morgan fingerprint density at radius 2 is 1.46 bits per heavy atom. The Kier molecular flexibility index (Phi) is 5.07. The van der Waals surface area contributed by atoms with Crippen LogP contribution in [0.15, 0.2) is 88.7 Å². The van der Waals surface area contributed by atoms with E-state index in [2.05, 4.69) is 0 Å². The van der Waals surface area contributed by atoms with Crippen LogP contribution in [0, 0.1) is 6.92 Å². The van der Waals surface area contributed by atoms with Gasteiger partial charge < -0.3 is 0 Å². The quantitative estimate of drug-likeness (QED) is 0.520. The molecule has 1 heterocycles. The number of aryl methyl sites for hydroxylation is 1. The van der Waals surface area contributed by atoms with Crippen molar-refractivity contribution >= 4 is 46.4 Å². The largest absolute Gasteiger partial charge is 0.272 e. The number of benzene rings is 3. The van der Waals surface area contributed by atoms with Gasteiger partial charge in [-0.1, -0.05) is 78.0 Å². The third-order valence-electron chi connectivity index (χ3n) is 4.48.